The molecule has 1 aliphatic rings. The molecule has 0 radical (unpaired) electrons. The van der Waals surface area contributed by atoms with E-state index >= 15 is 0 Å². The van der Waals surface area contributed by atoms with E-state index in [1.165, 1.54) is 6.33 Å². The van der Waals surface area contributed by atoms with Crippen molar-refractivity contribution in [1.29, 1.82) is 0 Å². The molecule has 0 bridgehead atoms. The Morgan fingerprint density at radius 3 is 2.38 bits per heavy atom. The molecule has 1 saturated heterocycles. The van der Waals surface area contributed by atoms with Crippen LogP contribution in [0.4, 0.5) is 5.95 Å². The summed E-state index contributed by atoms with van der Waals surface area (Å²) in [5.41, 5.74) is 2.47. The molecule has 9 heteroatoms. The quantitative estimate of drug-likeness (QED) is 0.554. The minimum atomic E-state index is 0.0218. The predicted octanol–water partition coefficient (Wildman–Crippen LogP) is 3.43. The number of hydrogen-bond donors (Lipinski definition) is 3. The van der Waals surface area contributed by atoms with Crippen molar-refractivity contribution in [3.63, 3.8) is 0 Å². The van der Waals surface area contributed by atoms with E-state index in [1.807, 2.05) is 6.07 Å². The molecule has 1 fully saturated rings. The zero-order chi connectivity index (χ0) is 22.9. The number of phenolic OH excluding ortho intramolecular Hbond substituents is 1. The van der Waals surface area contributed by atoms with E-state index in [9.17, 15) is 5.11 Å². The summed E-state index contributed by atoms with van der Waals surface area (Å²) in [6.07, 6.45) is 4.95. The van der Waals surface area contributed by atoms with Crippen molar-refractivity contribution < 1.29 is 9.84 Å². The van der Waals surface area contributed by atoms with Gasteiger partial charge in [0.1, 0.15) is 17.8 Å². The number of nitrogens with zero attached hydrogens (tertiary/aromatic N) is 5. The van der Waals surface area contributed by atoms with E-state index in [1.54, 1.807) is 31.5 Å². The third kappa shape index (κ3) is 4.94. The fourth-order valence-electron chi connectivity index (χ4n) is 4.59. The van der Waals surface area contributed by atoms with Gasteiger partial charge >= 0.3 is 0 Å². The van der Waals surface area contributed by atoms with Crippen LogP contribution in [0.3, 0.4) is 0 Å². The number of ether oxygens (including phenoxy) is 1. The number of aromatic hydroxyl groups is 1. The zero-order valence-electron chi connectivity index (χ0n) is 19.0. The number of phenols is 1. The fraction of sp³-hybridized carbons (Fsp3) is 0.435. The van der Waals surface area contributed by atoms with Gasteiger partial charge in [0.25, 0.3) is 0 Å². The lowest BCUT2D eigenvalue weighted by molar-refractivity contribution is 0.170. The molecule has 3 heterocycles. The SMILES string of the molecule is COc1cc(-c2ccc(-c3cnc(NC4CC(C)(C)NC(C)(C)C4)nn3)c(O)c2)ncn1. The van der Waals surface area contributed by atoms with Crippen LogP contribution in [0.5, 0.6) is 11.6 Å². The highest BCUT2D eigenvalue weighted by molar-refractivity contribution is 5.72. The normalized spacial score (nSPS) is 17.7. The van der Waals surface area contributed by atoms with Gasteiger partial charge in [0.05, 0.1) is 19.0 Å². The van der Waals surface area contributed by atoms with E-state index in [0.29, 0.717) is 28.8 Å². The standard InChI is InChI=1S/C23H29N7O2/c1-22(2)10-15(11-23(3,4)30-22)27-21-24-12-18(28-29-21)16-7-6-14(8-19(16)31)17-9-20(32-5)26-13-25-17/h6-9,12-13,15,30-31H,10-11H2,1-5H3,(H,24,27,29). The molecule has 3 aromatic rings. The van der Waals surface area contributed by atoms with Crippen molar-refractivity contribution in [1.82, 2.24) is 30.5 Å². The summed E-state index contributed by atoms with van der Waals surface area (Å²) < 4.78 is 5.14. The van der Waals surface area contributed by atoms with Gasteiger partial charge in [-0.1, -0.05) is 6.07 Å². The average molecular weight is 436 g/mol. The first kappa shape index (κ1) is 21.9. The smallest absolute Gasteiger partial charge is 0.242 e. The molecule has 0 unspecified atom stereocenters. The molecule has 168 valence electrons. The summed E-state index contributed by atoms with van der Waals surface area (Å²) in [4.78, 5) is 12.7. The molecule has 1 aliphatic heterocycles. The van der Waals surface area contributed by atoms with Gasteiger partial charge in [0, 0.05) is 34.3 Å². The lowest BCUT2D eigenvalue weighted by atomic mass is 9.80. The molecule has 9 nitrogen and oxygen atoms in total. The van der Waals surface area contributed by atoms with Crippen LogP contribution in [-0.2, 0) is 0 Å². The van der Waals surface area contributed by atoms with E-state index in [0.717, 1.165) is 18.4 Å². The Hall–Kier alpha value is -3.33. The molecular weight excluding hydrogens is 406 g/mol. The first-order valence-electron chi connectivity index (χ1n) is 10.6. The van der Waals surface area contributed by atoms with Crippen molar-refractivity contribution in [2.75, 3.05) is 12.4 Å². The van der Waals surface area contributed by atoms with E-state index < -0.39 is 0 Å². The Morgan fingerprint density at radius 1 is 1.00 bits per heavy atom. The van der Waals surface area contributed by atoms with Crippen molar-refractivity contribution in [2.24, 2.45) is 0 Å². The third-order valence-corrected chi connectivity index (χ3v) is 5.51. The van der Waals surface area contributed by atoms with Gasteiger partial charge in [-0.05, 0) is 52.7 Å². The first-order valence-corrected chi connectivity index (χ1v) is 10.6. The van der Waals surface area contributed by atoms with E-state index in [4.69, 9.17) is 4.74 Å². The van der Waals surface area contributed by atoms with Crippen molar-refractivity contribution >= 4 is 5.95 Å². The Balaban J connectivity index is 1.50. The summed E-state index contributed by atoms with van der Waals surface area (Å²) >= 11 is 0. The Labute approximate surface area is 187 Å². The second-order valence-electron chi connectivity index (χ2n) is 9.49. The van der Waals surface area contributed by atoms with Gasteiger partial charge < -0.3 is 20.5 Å². The number of methoxy groups -OCH3 is 1. The maximum atomic E-state index is 10.6. The minimum Gasteiger partial charge on any atom is -0.507 e. The molecule has 3 N–H and O–H groups in total. The van der Waals surface area contributed by atoms with E-state index in [2.05, 4.69) is 63.5 Å². The van der Waals surface area contributed by atoms with Gasteiger partial charge in [-0.15, -0.1) is 10.2 Å². The molecular formula is C23H29N7O2. The zero-order valence-corrected chi connectivity index (χ0v) is 19.0. The van der Waals surface area contributed by atoms with Crippen molar-refractivity contribution in [3.8, 4) is 34.1 Å². The molecule has 32 heavy (non-hydrogen) atoms. The Morgan fingerprint density at radius 2 is 1.75 bits per heavy atom. The maximum Gasteiger partial charge on any atom is 0.242 e. The Bertz CT molecular complexity index is 1080. The topological polar surface area (TPSA) is 118 Å². The molecule has 4 rings (SSSR count). The number of rotatable bonds is 5. The molecule has 1 aromatic carbocycles. The minimum absolute atomic E-state index is 0.0218. The largest absolute Gasteiger partial charge is 0.507 e. The second-order valence-corrected chi connectivity index (χ2v) is 9.49. The summed E-state index contributed by atoms with van der Waals surface area (Å²) in [5.74, 6) is 1.01. The van der Waals surface area contributed by atoms with Crippen LogP contribution in [-0.4, -0.2) is 54.5 Å². The van der Waals surface area contributed by atoms with Crippen molar-refractivity contribution in [3.05, 3.63) is 36.8 Å². The second kappa shape index (κ2) is 8.31. The first-order chi connectivity index (χ1) is 15.1. The number of hydrogen-bond acceptors (Lipinski definition) is 9. The number of nitrogens with one attached hydrogen (secondary N) is 2. The third-order valence-electron chi connectivity index (χ3n) is 5.51. The lowest BCUT2D eigenvalue weighted by Gasteiger charge is -2.46. The van der Waals surface area contributed by atoms with Crippen LogP contribution in [0.25, 0.3) is 22.5 Å². The van der Waals surface area contributed by atoms with Crippen LogP contribution in [0, 0.1) is 0 Å². The highest BCUT2D eigenvalue weighted by atomic mass is 16.5. The highest BCUT2D eigenvalue weighted by Gasteiger charge is 2.37. The molecule has 0 saturated carbocycles. The van der Waals surface area contributed by atoms with E-state index in [-0.39, 0.29) is 22.9 Å². The monoisotopic (exact) mass is 435 g/mol. The summed E-state index contributed by atoms with van der Waals surface area (Å²) in [6.45, 7) is 8.81. The molecule has 0 aliphatic carbocycles. The maximum absolute atomic E-state index is 10.6. The molecule has 2 aromatic heterocycles. The summed E-state index contributed by atoms with van der Waals surface area (Å²) in [6, 6.07) is 7.20. The fourth-order valence-corrected chi connectivity index (χ4v) is 4.59. The number of piperidine rings is 1. The highest BCUT2D eigenvalue weighted by Crippen LogP contribution is 2.33. The van der Waals surface area contributed by atoms with Gasteiger partial charge in [0.2, 0.25) is 11.8 Å². The van der Waals surface area contributed by atoms with Gasteiger partial charge in [-0.25, -0.2) is 15.0 Å². The van der Waals surface area contributed by atoms with Crippen LogP contribution in [0.1, 0.15) is 40.5 Å². The molecule has 0 amide bonds. The Kier molecular flexibility index (Phi) is 5.68. The summed E-state index contributed by atoms with van der Waals surface area (Å²) in [7, 11) is 1.55. The van der Waals surface area contributed by atoms with Crippen LogP contribution < -0.4 is 15.4 Å². The van der Waals surface area contributed by atoms with Crippen LogP contribution in [0.15, 0.2) is 36.8 Å². The summed E-state index contributed by atoms with van der Waals surface area (Å²) in [5, 5.41) is 26.2. The number of benzene rings is 1. The lowest BCUT2D eigenvalue weighted by Crippen LogP contribution is -2.60. The van der Waals surface area contributed by atoms with Gasteiger partial charge in [-0.3, -0.25) is 0 Å². The predicted molar refractivity (Wildman–Crippen MR) is 122 cm³/mol. The average Bonchev–Trinajstić information content (AvgIpc) is 2.72. The number of aromatic nitrogens is 5. The van der Waals surface area contributed by atoms with Crippen molar-refractivity contribution in [2.45, 2.75) is 57.7 Å². The van der Waals surface area contributed by atoms with Gasteiger partial charge in [0.15, 0.2) is 0 Å². The molecule has 0 atom stereocenters. The molecule has 0 spiro atoms. The van der Waals surface area contributed by atoms with Crippen LogP contribution in [0.2, 0.25) is 0 Å². The van der Waals surface area contributed by atoms with Crippen LogP contribution >= 0.6 is 0 Å². The van der Waals surface area contributed by atoms with Gasteiger partial charge in [-0.2, -0.15) is 0 Å². The number of anilines is 1.